The Kier molecular flexibility index (Phi) is 8.25. The number of para-hydroxylation sites is 1. The van der Waals surface area contributed by atoms with Crippen LogP contribution in [0.3, 0.4) is 0 Å². The minimum absolute atomic E-state index is 0.857. The van der Waals surface area contributed by atoms with Gasteiger partial charge in [-0.05, 0) is 113 Å². The number of furan rings is 1. The summed E-state index contributed by atoms with van der Waals surface area (Å²) in [6.45, 7) is 0. The van der Waals surface area contributed by atoms with Gasteiger partial charge in [0.15, 0.2) is 5.58 Å². The minimum Gasteiger partial charge on any atom is -0.453 e. The summed E-state index contributed by atoms with van der Waals surface area (Å²) in [5, 5.41) is 14.3. The van der Waals surface area contributed by atoms with Gasteiger partial charge in [-0.1, -0.05) is 200 Å². The van der Waals surface area contributed by atoms with Gasteiger partial charge in [-0.2, -0.15) is 0 Å². The summed E-state index contributed by atoms with van der Waals surface area (Å²) in [4.78, 5) is 2.41. The zero-order chi connectivity index (χ0) is 42.1. The quantitative estimate of drug-likeness (QED) is 0.156. The van der Waals surface area contributed by atoms with E-state index < -0.39 is 0 Å². The Morgan fingerprint density at radius 2 is 0.734 bits per heavy atom. The van der Waals surface area contributed by atoms with E-state index in [1.165, 1.54) is 65.3 Å². The molecular formula is C62H39NO. The molecule has 64 heavy (non-hydrogen) atoms. The predicted molar refractivity (Wildman–Crippen MR) is 272 cm³/mol. The Balaban J connectivity index is 1.07. The van der Waals surface area contributed by atoms with Crippen molar-refractivity contribution >= 4 is 92.9 Å². The molecule has 1 heterocycles. The molecule has 13 aromatic rings. The topological polar surface area (TPSA) is 16.4 Å². The number of hydrogen-bond acceptors (Lipinski definition) is 2. The molecule has 0 saturated carbocycles. The van der Waals surface area contributed by atoms with Crippen LogP contribution in [0.15, 0.2) is 241 Å². The van der Waals surface area contributed by atoms with E-state index in [1.54, 1.807) is 0 Å². The zero-order valence-electron chi connectivity index (χ0n) is 34.9. The van der Waals surface area contributed by atoms with Crippen LogP contribution < -0.4 is 4.90 Å². The number of benzene rings is 12. The first-order chi connectivity index (χ1) is 31.8. The van der Waals surface area contributed by atoms with Gasteiger partial charge < -0.3 is 9.32 Å². The average Bonchev–Trinajstić information content (AvgIpc) is 3.77. The van der Waals surface area contributed by atoms with Gasteiger partial charge in [0, 0.05) is 27.2 Å². The first-order valence-corrected chi connectivity index (χ1v) is 22.0. The third-order valence-corrected chi connectivity index (χ3v) is 13.2. The van der Waals surface area contributed by atoms with E-state index in [1.807, 2.05) is 0 Å². The highest BCUT2D eigenvalue weighted by molar-refractivity contribution is 6.23. The molecule has 0 unspecified atom stereocenters. The summed E-state index contributed by atoms with van der Waals surface area (Å²) in [5.41, 5.74) is 12.1. The molecule has 0 amide bonds. The molecule has 0 aliphatic rings. The first kappa shape index (κ1) is 36.2. The summed E-state index contributed by atoms with van der Waals surface area (Å²) in [6, 6.07) is 86.0. The summed E-state index contributed by atoms with van der Waals surface area (Å²) < 4.78 is 7.06. The van der Waals surface area contributed by atoms with Crippen molar-refractivity contribution in [2.24, 2.45) is 0 Å². The largest absolute Gasteiger partial charge is 0.453 e. The van der Waals surface area contributed by atoms with Crippen molar-refractivity contribution < 1.29 is 4.42 Å². The fourth-order valence-corrected chi connectivity index (χ4v) is 10.3. The van der Waals surface area contributed by atoms with Gasteiger partial charge in [0.05, 0.1) is 11.4 Å². The molecule has 12 aromatic carbocycles. The lowest BCUT2D eigenvalue weighted by Gasteiger charge is -2.27. The second-order valence-electron chi connectivity index (χ2n) is 16.8. The van der Waals surface area contributed by atoms with Crippen LogP contribution in [-0.2, 0) is 0 Å². The molecule has 2 heteroatoms. The third kappa shape index (κ3) is 5.66. The monoisotopic (exact) mass is 813 g/mol. The van der Waals surface area contributed by atoms with Crippen LogP contribution in [0.25, 0.3) is 109 Å². The maximum absolute atomic E-state index is 7.06. The summed E-state index contributed by atoms with van der Waals surface area (Å²) in [7, 11) is 0. The van der Waals surface area contributed by atoms with E-state index in [0.717, 1.165) is 60.9 Å². The van der Waals surface area contributed by atoms with Crippen molar-refractivity contribution in [3.8, 4) is 33.4 Å². The Bertz CT molecular complexity index is 3960. The standard InChI is InChI=1S/C62H39NO/c1-3-18-42(19-4-1)59-53-27-12-11-26-50(53)51-35-34-45(39-56(51)60(59)43-20-5-2-6-21-43)44-22-13-23-46(38-44)63(57-30-14-28-49-47-24-9-7-16-40(47)32-36-52(49)57)58-31-15-29-54-55-37-33-41-17-8-10-25-48(41)61(55)64-62(54)58/h1-39H. The highest BCUT2D eigenvalue weighted by Crippen LogP contribution is 2.48. The van der Waals surface area contributed by atoms with Crippen LogP contribution in [-0.4, -0.2) is 0 Å². The minimum atomic E-state index is 0.857. The second kappa shape index (κ2) is 14.6. The molecule has 0 aliphatic carbocycles. The maximum atomic E-state index is 7.06. The highest BCUT2D eigenvalue weighted by atomic mass is 16.3. The van der Waals surface area contributed by atoms with Gasteiger partial charge in [-0.15, -0.1) is 0 Å². The molecule has 2 nitrogen and oxygen atoms in total. The fraction of sp³-hybridized carbons (Fsp3) is 0. The molecule has 1 aromatic heterocycles. The molecule has 0 atom stereocenters. The lowest BCUT2D eigenvalue weighted by Crippen LogP contribution is -2.11. The van der Waals surface area contributed by atoms with E-state index in [4.69, 9.17) is 4.42 Å². The molecule has 0 fully saturated rings. The molecule has 0 bridgehead atoms. The highest BCUT2D eigenvalue weighted by Gasteiger charge is 2.23. The van der Waals surface area contributed by atoms with Gasteiger partial charge in [0.2, 0.25) is 0 Å². The summed E-state index contributed by atoms with van der Waals surface area (Å²) in [6.07, 6.45) is 0. The van der Waals surface area contributed by atoms with Gasteiger partial charge in [0.25, 0.3) is 0 Å². The van der Waals surface area contributed by atoms with Crippen molar-refractivity contribution in [3.63, 3.8) is 0 Å². The molecular weight excluding hydrogens is 775 g/mol. The van der Waals surface area contributed by atoms with Crippen molar-refractivity contribution in [3.05, 3.63) is 237 Å². The molecule has 0 radical (unpaired) electrons. The predicted octanol–water partition coefficient (Wildman–Crippen LogP) is 17.8. The Labute approximate surface area is 370 Å². The Hall–Kier alpha value is -8.46. The van der Waals surface area contributed by atoms with E-state index >= 15 is 0 Å². The maximum Gasteiger partial charge on any atom is 0.159 e. The van der Waals surface area contributed by atoms with Crippen LogP contribution in [0.4, 0.5) is 17.1 Å². The molecule has 0 spiro atoms. The number of fused-ring (bicyclic) bond motifs is 11. The smallest absolute Gasteiger partial charge is 0.159 e. The van der Waals surface area contributed by atoms with E-state index in [0.29, 0.717) is 0 Å². The first-order valence-electron chi connectivity index (χ1n) is 22.0. The second-order valence-corrected chi connectivity index (χ2v) is 16.8. The van der Waals surface area contributed by atoms with Crippen molar-refractivity contribution in [2.45, 2.75) is 0 Å². The van der Waals surface area contributed by atoms with E-state index in [9.17, 15) is 0 Å². The SMILES string of the molecule is c1ccc(-c2c(-c3ccccc3)c3cc(-c4cccc(N(c5cccc6c5ccc5ccccc56)c5cccc6c5oc5c7ccccc7ccc65)c4)ccc3c3ccccc23)cc1. The van der Waals surface area contributed by atoms with Gasteiger partial charge >= 0.3 is 0 Å². The van der Waals surface area contributed by atoms with Gasteiger partial charge in [0.1, 0.15) is 5.58 Å². The van der Waals surface area contributed by atoms with Crippen molar-refractivity contribution in [1.29, 1.82) is 0 Å². The van der Waals surface area contributed by atoms with Gasteiger partial charge in [-0.3, -0.25) is 0 Å². The molecule has 13 rings (SSSR count). The van der Waals surface area contributed by atoms with Crippen molar-refractivity contribution in [2.75, 3.05) is 4.90 Å². The lowest BCUT2D eigenvalue weighted by molar-refractivity contribution is 0.673. The normalized spacial score (nSPS) is 11.8. The van der Waals surface area contributed by atoms with Crippen LogP contribution >= 0.6 is 0 Å². The number of anilines is 3. The average molecular weight is 814 g/mol. The van der Waals surface area contributed by atoms with E-state index in [-0.39, 0.29) is 0 Å². The summed E-state index contributed by atoms with van der Waals surface area (Å²) >= 11 is 0. The van der Waals surface area contributed by atoms with E-state index in [2.05, 4.69) is 241 Å². The molecule has 0 aliphatic heterocycles. The van der Waals surface area contributed by atoms with Crippen LogP contribution in [0, 0.1) is 0 Å². The zero-order valence-corrected chi connectivity index (χ0v) is 34.9. The number of nitrogens with zero attached hydrogens (tertiary/aromatic N) is 1. The van der Waals surface area contributed by atoms with Crippen LogP contribution in [0.2, 0.25) is 0 Å². The molecule has 298 valence electrons. The van der Waals surface area contributed by atoms with Gasteiger partial charge in [-0.25, -0.2) is 0 Å². The summed E-state index contributed by atoms with van der Waals surface area (Å²) in [5.74, 6) is 0. The number of hydrogen-bond donors (Lipinski definition) is 0. The lowest BCUT2D eigenvalue weighted by atomic mass is 9.84. The van der Waals surface area contributed by atoms with Crippen molar-refractivity contribution in [1.82, 2.24) is 0 Å². The Morgan fingerprint density at radius 3 is 1.50 bits per heavy atom. The van der Waals surface area contributed by atoms with Crippen LogP contribution in [0.1, 0.15) is 0 Å². The fourth-order valence-electron chi connectivity index (χ4n) is 10.3. The molecule has 0 N–H and O–H groups in total. The van der Waals surface area contributed by atoms with Crippen LogP contribution in [0.5, 0.6) is 0 Å². The number of rotatable bonds is 6. The third-order valence-electron chi connectivity index (χ3n) is 13.2. The Morgan fingerprint density at radius 1 is 0.250 bits per heavy atom. The molecule has 0 saturated heterocycles.